The molecule has 0 aliphatic heterocycles. The number of aryl methyl sites for hydroxylation is 3. The minimum Gasteiger partial charge on any atom is -0.382 e. The first-order chi connectivity index (χ1) is 14.7. The van der Waals surface area contributed by atoms with Crippen molar-refractivity contribution in [3.05, 3.63) is 46.3 Å². The minimum absolute atomic E-state index is 0.0434. The summed E-state index contributed by atoms with van der Waals surface area (Å²) >= 11 is 0. The topological polar surface area (TPSA) is 130 Å². The smallest absolute Gasteiger partial charge is 0.312 e. The lowest BCUT2D eigenvalue weighted by Gasteiger charge is -2.11. The van der Waals surface area contributed by atoms with Crippen molar-refractivity contribution in [2.45, 2.75) is 45.1 Å². The lowest BCUT2D eigenvalue weighted by Crippen LogP contribution is -2.17. The lowest BCUT2D eigenvalue weighted by molar-refractivity contribution is 0.540. The Morgan fingerprint density at radius 2 is 1.90 bits per heavy atom. The second-order valence-electron chi connectivity index (χ2n) is 7.76. The standard InChI is InChI=1S/C21H23FN6O2S/c1-2-13-10-14-6-5-7-15(14)11-16(13)12-17-25-18-19(23)26-21(22)27-20(18)28(17)8-3-4-9-31(24,29)30/h1,10-11H,3-9,12H2,(H2,23,26,27)(H2,24,29,30). The molecule has 1 aliphatic rings. The van der Waals surface area contributed by atoms with Crippen molar-refractivity contribution in [3.8, 4) is 12.3 Å². The van der Waals surface area contributed by atoms with Gasteiger partial charge in [-0.25, -0.2) is 18.5 Å². The molecule has 0 saturated carbocycles. The van der Waals surface area contributed by atoms with Crippen molar-refractivity contribution < 1.29 is 12.8 Å². The van der Waals surface area contributed by atoms with Crippen LogP contribution in [0.15, 0.2) is 12.1 Å². The van der Waals surface area contributed by atoms with Gasteiger partial charge in [-0.15, -0.1) is 6.42 Å². The molecule has 8 nitrogen and oxygen atoms in total. The summed E-state index contributed by atoms with van der Waals surface area (Å²) in [6.45, 7) is 0.383. The van der Waals surface area contributed by atoms with E-state index in [1.165, 1.54) is 11.1 Å². The summed E-state index contributed by atoms with van der Waals surface area (Å²) in [5.74, 6) is 3.20. The van der Waals surface area contributed by atoms with Gasteiger partial charge in [0.1, 0.15) is 5.82 Å². The van der Waals surface area contributed by atoms with Gasteiger partial charge in [0, 0.05) is 18.5 Å². The van der Waals surface area contributed by atoms with Gasteiger partial charge >= 0.3 is 6.08 Å². The Bertz CT molecular complexity index is 1310. The SMILES string of the molecule is C#Cc1cc2c(cc1Cc1nc3c(N)nc(F)nc3n1CCCCS(N)(=O)=O)CCC2. The molecule has 1 aromatic carbocycles. The Hall–Kier alpha value is -3.03. The highest BCUT2D eigenvalue weighted by Crippen LogP contribution is 2.28. The second-order valence-corrected chi connectivity index (χ2v) is 9.49. The van der Waals surface area contributed by atoms with Gasteiger partial charge in [-0.05, 0) is 54.9 Å². The van der Waals surface area contributed by atoms with E-state index in [1.807, 2.05) is 0 Å². The molecule has 10 heteroatoms. The van der Waals surface area contributed by atoms with Gasteiger partial charge in [0.25, 0.3) is 0 Å². The molecule has 0 saturated heterocycles. The number of imidazole rings is 1. The first-order valence-corrected chi connectivity index (χ1v) is 11.8. The number of sulfonamides is 1. The number of unbranched alkanes of at least 4 members (excludes halogenated alkanes) is 1. The summed E-state index contributed by atoms with van der Waals surface area (Å²) in [4.78, 5) is 12.0. The van der Waals surface area contributed by atoms with Gasteiger partial charge in [0.05, 0.1) is 5.75 Å². The Labute approximate surface area is 179 Å². The van der Waals surface area contributed by atoms with E-state index in [4.69, 9.17) is 17.3 Å². The van der Waals surface area contributed by atoms with E-state index in [0.717, 1.165) is 30.4 Å². The molecular weight excluding hydrogens is 419 g/mol. The van der Waals surface area contributed by atoms with Gasteiger partial charge in [-0.2, -0.15) is 14.4 Å². The highest BCUT2D eigenvalue weighted by Gasteiger charge is 2.20. The van der Waals surface area contributed by atoms with Gasteiger partial charge < -0.3 is 10.3 Å². The van der Waals surface area contributed by atoms with Crippen LogP contribution < -0.4 is 10.9 Å². The summed E-state index contributed by atoms with van der Waals surface area (Å²) in [6.07, 6.45) is 9.23. The fourth-order valence-corrected chi connectivity index (χ4v) is 4.72. The number of hydrogen-bond acceptors (Lipinski definition) is 6. The van der Waals surface area contributed by atoms with E-state index in [0.29, 0.717) is 37.1 Å². The average molecular weight is 443 g/mol. The maximum atomic E-state index is 13.9. The van der Waals surface area contributed by atoms with Crippen LogP contribution >= 0.6 is 0 Å². The highest BCUT2D eigenvalue weighted by molar-refractivity contribution is 7.89. The lowest BCUT2D eigenvalue weighted by atomic mass is 9.98. The highest BCUT2D eigenvalue weighted by atomic mass is 32.2. The number of halogens is 1. The van der Waals surface area contributed by atoms with E-state index in [1.54, 1.807) is 4.57 Å². The van der Waals surface area contributed by atoms with Crippen molar-refractivity contribution in [2.75, 3.05) is 11.5 Å². The number of benzene rings is 1. The quantitative estimate of drug-likeness (QED) is 0.325. The van der Waals surface area contributed by atoms with Crippen LogP contribution in [0.4, 0.5) is 10.2 Å². The molecular formula is C21H23FN6O2S. The number of anilines is 1. The van der Waals surface area contributed by atoms with Crippen molar-refractivity contribution in [1.82, 2.24) is 19.5 Å². The Balaban J connectivity index is 1.72. The zero-order chi connectivity index (χ0) is 22.2. The zero-order valence-corrected chi connectivity index (χ0v) is 17.8. The number of nitrogens with zero attached hydrogens (tertiary/aromatic N) is 4. The minimum atomic E-state index is -3.55. The molecule has 0 fully saturated rings. The number of fused-ring (bicyclic) bond motifs is 2. The van der Waals surface area contributed by atoms with Gasteiger partial charge in [-0.1, -0.05) is 12.0 Å². The predicted octanol–water partition coefficient (Wildman–Crippen LogP) is 1.68. The molecule has 0 amide bonds. The van der Waals surface area contributed by atoms with E-state index in [2.05, 4.69) is 33.0 Å². The van der Waals surface area contributed by atoms with E-state index >= 15 is 0 Å². The van der Waals surface area contributed by atoms with Crippen LogP contribution in [0.5, 0.6) is 0 Å². The van der Waals surface area contributed by atoms with Gasteiger partial charge in [-0.3, -0.25) is 0 Å². The van der Waals surface area contributed by atoms with Gasteiger partial charge in [0.15, 0.2) is 17.0 Å². The second kappa shape index (κ2) is 8.24. The third kappa shape index (κ3) is 4.52. The molecule has 0 atom stereocenters. The number of nitrogens with two attached hydrogens (primary N) is 2. The summed E-state index contributed by atoms with van der Waals surface area (Å²) in [6, 6.07) is 4.18. The molecule has 0 spiro atoms. The largest absolute Gasteiger partial charge is 0.382 e. The van der Waals surface area contributed by atoms with Crippen molar-refractivity contribution >= 4 is 27.0 Å². The predicted molar refractivity (Wildman–Crippen MR) is 116 cm³/mol. The third-order valence-corrected chi connectivity index (χ3v) is 6.41. The van der Waals surface area contributed by atoms with E-state index < -0.39 is 16.1 Å². The summed E-state index contributed by atoms with van der Waals surface area (Å²) in [5.41, 5.74) is 10.8. The fraction of sp³-hybridized carbons (Fsp3) is 0.381. The molecule has 4 N–H and O–H groups in total. The van der Waals surface area contributed by atoms with Crippen LogP contribution in [0, 0.1) is 18.4 Å². The summed E-state index contributed by atoms with van der Waals surface area (Å²) in [5, 5.41) is 5.08. The molecule has 162 valence electrons. The number of aromatic nitrogens is 4. The molecule has 2 aromatic heterocycles. The van der Waals surface area contributed by atoms with Crippen molar-refractivity contribution in [1.29, 1.82) is 0 Å². The molecule has 0 unspecified atom stereocenters. The van der Waals surface area contributed by atoms with Crippen LogP contribution in [0.2, 0.25) is 0 Å². The monoisotopic (exact) mass is 442 g/mol. The van der Waals surface area contributed by atoms with Crippen LogP contribution in [0.25, 0.3) is 11.2 Å². The first-order valence-electron chi connectivity index (χ1n) is 10.0. The Morgan fingerprint density at radius 3 is 2.61 bits per heavy atom. The number of hydrogen-bond donors (Lipinski definition) is 2. The molecule has 2 heterocycles. The fourth-order valence-electron chi connectivity index (χ4n) is 4.11. The zero-order valence-electron chi connectivity index (χ0n) is 16.9. The molecule has 4 rings (SSSR count). The summed E-state index contributed by atoms with van der Waals surface area (Å²) in [7, 11) is -3.55. The molecule has 31 heavy (non-hydrogen) atoms. The summed E-state index contributed by atoms with van der Waals surface area (Å²) < 4.78 is 38.1. The number of terminal acetylenes is 1. The van der Waals surface area contributed by atoms with Crippen LogP contribution in [-0.4, -0.2) is 33.7 Å². The van der Waals surface area contributed by atoms with Crippen LogP contribution in [0.3, 0.4) is 0 Å². The molecule has 1 aliphatic carbocycles. The van der Waals surface area contributed by atoms with E-state index in [-0.39, 0.29) is 17.2 Å². The van der Waals surface area contributed by atoms with E-state index in [9.17, 15) is 12.8 Å². The van der Waals surface area contributed by atoms with Crippen LogP contribution in [0.1, 0.15) is 47.3 Å². The maximum Gasteiger partial charge on any atom is 0.312 e. The first kappa shape index (κ1) is 21.2. The van der Waals surface area contributed by atoms with Crippen LogP contribution in [-0.2, 0) is 35.8 Å². The third-order valence-electron chi connectivity index (χ3n) is 5.56. The number of rotatable bonds is 7. The number of primary sulfonamides is 1. The van der Waals surface area contributed by atoms with Crippen molar-refractivity contribution in [2.24, 2.45) is 5.14 Å². The molecule has 0 bridgehead atoms. The maximum absolute atomic E-state index is 13.9. The Kier molecular flexibility index (Phi) is 5.64. The number of nitrogen functional groups attached to an aromatic ring is 1. The van der Waals surface area contributed by atoms with Crippen molar-refractivity contribution in [3.63, 3.8) is 0 Å². The normalized spacial score (nSPS) is 13.5. The Morgan fingerprint density at radius 1 is 1.16 bits per heavy atom. The molecule has 3 aromatic rings. The molecule has 0 radical (unpaired) electrons. The average Bonchev–Trinajstić information content (AvgIpc) is 3.28. The van der Waals surface area contributed by atoms with Gasteiger partial charge in [0.2, 0.25) is 10.0 Å².